The van der Waals surface area contributed by atoms with Crippen LogP contribution in [0.1, 0.15) is 38.2 Å². The van der Waals surface area contributed by atoms with Crippen LogP contribution in [-0.2, 0) is 25.6 Å². The Morgan fingerprint density at radius 3 is 2.28 bits per heavy atom. The summed E-state index contributed by atoms with van der Waals surface area (Å²) in [6, 6.07) is 9.71. The lowest BCUT2D eigenvalue weighted by Crippen LogP contribution is -2.55. The number of rotatable bonds is 10. The molecule has 0 radical (unpaired) electrons. The van der Waals surface area contributed by atoms with Gasteiger partial charge in [-0.1, -0.05) is 37.3 Å². The zero-order valence-corrected chi connectivity index (χ0v) is 17.3. The molecule has 6 heteroatoms. The molecule has 2 saturated carbocycles. The third kappa shape index (κ3) is 5.93. The van der Waals surface area contributed by atoms with Gasteiger partial charge in [-0.15, -0.1) is 0 Å². The molecule has 0 unspecified atom stereocenters. The van der Waals surface area contributed by atoms with E-state index in [1.165, 1.54) is 12.8 Å². The standard InChI is InChI=1S/C23H33NO5/c1-17-9-20(10-17)28-16-19-11-21(12-19)26-7-8-27-22-13-24(14-22)23(25)29-15-18-5-3-2-4-6-18/h2-6,17,19-22H,7-16H2,1H3. The minimum absolute atomic E-state index is 0.0929. The molecule has 1 amide bonds. The molecular formula is C23H33NO5. The summed E-state index contributed by atoms with van der Waals surface area (Å²) in [6.45, 7) is 5.87. The normalized spacial score (nSPS) is 28.9. The molecule has 0 atom stereocenters. The van der Waals surface area contributed by atoms with Crippen LogP contribution in [0.25, 0.3) is 0 Å². The first-order valence-electron chi connectivity index (χ1n) is 11.0. The van der Waals surface area contributed by atoms with E-state index in [2.05, 4.69) is 6.92 Å². The van der Waals surface area contributed by atoms with Crippen LogP contribution in [0.15, 0.2) is 30.3 Å². The van der Waals surface area contributed by atoms with Crippen LogP contribution in [0, 0.1) is 11.8 Å². The van der Waals surface area contributed by atoms with Crippen LogP contribution < -0.4 is 0 Å². The summed E-state index contributed by atoms with van der Waals surface area (Å²) in [7, 11) is 0. The van der Waals surface area contributed by atoms with Gasteiger partial charge in [0.2, 0.25) is 0 Å². The summed E-state index contributed by atoms with van der Waals surface area (Å²) in [5, 5.41) is 0. The van der Waals surface area contributed by atoms with Crippen LogP contribution in [-0.4, -0.2) is 62.2 Å². The molecule has 1 aromatic rings. The second kappa shape index (κ2) is 9.92. The molecule has 1 heterocycles. The molecular weight excluding hydrogens is 370 g/mol. The van der Waals surface area contributed by atoms with Crippen LogP contribution >= 0.6 is 0 Å². The molecule has 2 aliphatic carbocycles. The first-order valence-corrected chi connectivity index (χ1v) is 11.0. The number of benzene rings is 1. The van der Waals surface area contributed by atoms with E-state index in [9.17, 15) is 4.79 Å². The summed E-state index contributed by atoms with van der Waals surface area (Å²) in [5.74, 6) is 1.51. The van der Waals surface area contributed by atoms with Crippen molar-refractivity contribution in [1.82, 2.24) is 4.90 Å². The molecule has 1 saturated heterocycles. The van der Waals surface area contributed by atoms with Crippen molar-refractivity contribution in [3.05, 3.63) is 35.9 Å². The Morgan fingerprint density at radius 1 is 0.931 bits per heavy atom. The smallest absolute Gasteiger partial charge is 0.410 e. The van der Waals surface area contributed by atoms with Crippen molar-refractivity contribution in [2.75, 3.05) is 32.9 Å². The second-order valence-corrected chi connectivity index (χ2v) is 8.80. The second-order valence-electron chi connectivity index (χ2n) is 8.80. The molecule has 3 aliphatic rings. The van der Waals surface area contributed by atoms with Gasteiger partial charge >= 0.3 is 6.09 Å². The molecule has 3 fully saturated rings. The lowest BCUT2D eigenvalue weighted by Gasteiger charge is -2.39. The van der Waals surface area contributed by atoms with Crippen molar-refractivity contribution in [2.24, 2.45) is 11.8 Å². The molecule has 1 aliphatic heterocycles. The average Bonchev–Trinajstić information content (AvgIpc) is 2.64. The van der Waals surface area contributed by atoms with Crippen molar-refractivity contribution in [2.45, 2.75) is 57.5 Å². The van der Waals surface area contributed by atoms with Gasteiger partial charge in [0.1, 0.15) is 6.61 Å². The molecule has 0 bridgehead atoms. The Kier molecular flexibility index (Phi) is 7.06. The minimum atomic E-state index is -0.274. The highest BCUT2D eigenvalue weighted by atomic mass is 16.6. The van der Waals surface area contributed by atoms with Gasteiger partial charge in [0.15, 0.2) is 0 Å². The van der Waals surface area contributed by atoms with Gasteiger partial charge in [0.05, 0.1) is 44.6 Å². The monoisotopic (exact) mass is 403 g/mol. The summed E-state index contributed by atoms with van der Waals surface area (Å²) in [5.41, 5.74) is 0.994. The highest BCUT2D eigenvalue weighted by molar-refractivity contribution is 5.68. The van der Waals surface area contributed by atoms with Crippen molar-refractivity contribution in [3.8, 4) is 0 Å². The maximum atomic E-state index is 12.0. The summed E-state index contributed by atoms with van der Waals surface area (Å²) >= 11 is 0. The van der Waals surface area contributed by atoms with E-state index < -0.39 is 0 Å². The summed E-state index contributed by atoms with van der Waals surface area (Å²) < 4.78 is 22.9. The fourth-order valence-electron chi connectivity index (χ4n) is 4.12. The zero-order chi connectivity index (χ0) is 20.1. The quantitative estimate of drug-likeness (QED) is 0.559. The maximum absolute atomic E-state index is 12.0. The third-order valence-electron chi connectivity index (χ3n) is 6.19. The van der Waals surface area contributed by atoms with E-state index in [4.69, 9.17) is 18.9 Å². The minimum Gasteiger partial charge on any atom is -0.445 e. The lowest BCUT2D eigenvalue weighted by atomic mass is 9.81. The molecule has 4 rings (SSSR count). The van der Waals surface area contributed by atoms with E-state index >= 15 is 0 Å². The Morgan fingerprint density at radius 2 is 1.59 bits per heavy atom. The van der Waals surface area contributed by atoms with E-state index in [0.717, 1.165) is 30.9 Å². The number of hydrogen-bond acceptors (Lipinski definition) is 5. The Hall–Kier alpha value is -1.63. The molecule has 0 spiro atoms. The van der Waals surface area contributed by atoms with Gasteiger partial charge < -0.3 is 23.8 Å². The maximum Gasteiger partial charge on any atom is 0.410 e. The highest BCUT2D eigenvalue weighted by Gasteiger charge is 2.34. The Bertz CT molecular complexity index is 636. The van der Waals surface area contributed by atoms with Crippen molar-refractivity contribution in [3.63, 3.8) is 0 Å². The van der Waals surface area contributed by atoms with Gasteiger partial charge in [0, 0.05) is 6.61 Å². The van der Waals surface area contributed by atoms with Gasteiger partial charge in [-0.3, -0.25) is 0 Å². The molecule has 0 aromatic heterocycles. The van der Waals surface area contributed by atoms with Crippen molar-refractivity contribution in [1.29, 1.82) is 0 Å². The topological polar surface area (TPSA) is 57.2 Å². The number of carbonyl (C=O) groups is 1. The number of likely N-dealkylation sites (tertiary alicyclic amines) is 1. The Balaban J connectivity index is 0.968. The van der Waals surface area contributed by atoms with E-state index in [1.807, 2.05) is 30.3 Å². The first-order chi connectivity index (χ1) is 14.2. The first kappa shape index (κ1) is 20.6. The molecule has 1 aromatic carbocycles. The van der Waals surface area contributed by atoms with Crippen LogP contribution in [0.4, 0.5) is 4.79 Å². The Labute approximate surface area is 173 Å². The molecule has 0 N–H and O–H groups in total. The largest absolute Gasteiger partial charge is 0.445 e. The van der Waals surface area contributed by atoms with Crippen molar-refractivity contribution < 1.29 is 23.7 Å². The third-order valence-corrected chi connectivity index (χ3v) is 6.19. The molecule has 29 heavy (non-hydrogen) atoms. The van der Waals surface area contributed by atoms with Crippen LogP contribution in [0.2, 0.25) is 0 Å². The van der Waals surface area contributed by atoms with Crippen LogP contribution in [0.3, 0.4) is 0 Å². The predicted molar refractivity (Wildman–Crippen MR) is 109 cm³/mol. The van der Waals surface area contributed by atoms with Crippen LogP contribution in [0.5, 0.6) is 0 Å². The molecule has 6 nitrogen and oxygen atoms in total. The number of carbonyl (C=O) groups excluding carboxylic acids is 1. The average molecular weight is 404 g/mol. The number of amides is 1. The van der Waals surface area contributed by atoms with E-state index in [-0.39, 0.29) is 12.2 Å². The SMILES string of the molecule is CC1CC(OCC2CC(OCCOC3CN(C(=O)OCc4ccccc4)C3)C2)C1. The van der Waals surface area contributed by atoms with Gasteiger partial charge in [-0.2, -0.15) is 0 Å². The van der Waals surface area contributed by atoms with Gasteiger partial charge in [-0.25, -0.2) is 4.79 Å². The van der Waals surface area contributed by atoms with Crippen molar-refractivity contribution >= 4 is 6.09 Å². The lowest BCUT2D eigenvalue weighted by molar-refractivity contribution is -0.111. The molecule has 160 valence electrons. The van der Waals surface area contributed by atoms with E-state index in [1.54, 1.807) is 4.90 Å². The van der Waals surface area contributed by atoms with Gasteiger partial charge in [-0.05, 0) is 43.1 Å². The fourth-order valence-corrected chi connectivity index (χ4v) is 4.12. The fraction of sp³-hybridized carbons (Fsp3) is 0.696. The summed E-state index contributed by atoms with van der Waals surface area (Å²) in [6.07, 6.45) is 5.36. The highest BCUT2D eigenvalue weighted by Crippen LogP contribution is 2.34. The number of ether oxygens (including phenoxy) is 4. The van der Waals surface area contributed by atoms with E-state index in [0.29, 0.717) is 51.0 Å². The predicted octanol–water partition coefficient (Wildman–Crippen LogP) is 3.63. The number of hydrogen-bond donors (Lipinski definition) is 0. The van der Waals surface area contributed by atoms with Gasteiger partial charge in [0.25, 0.3) is 0 Å². The summed E-state index contributed by atoms with van der Waals surface area (Å²) in [4.78, 5) is 13.7. The zero-order valence-electron chi connectivity index (χ0n) is 17.3. The number of nitrogens with zero attached hydrogens (tertiary/aromatic N) is 1.